The molecule has 0 aliphatic carbocycles. The summed E-state index contributed by atoms with van der Waals surface area (Å²) in [5.74, 6) is 0. The zero-order valence-corrected chi connectivity index (χ0v) is 9.56. The van der Waals surface area contributed by atoms with E-state index in [1.165, 1.54) is 25.7 Å². The number of hydrogen-bond acceptors (Lipinski definition) is 2. The zero-order valence-electron chi connectivity index (χ0n) is 9.56. The summed E-state index contributed by atoms with van der Waals surface area (Å²) >= 11 is 0. The fourth-order valence-electron chi connectivity index (χ4n) is 0.983. The molecule has 0 aliphatic rings. The van der Waals surface area contributed by atoms with E-state index in [1.54, 1.807) is 0 Å². The molecule has 0 aromatic carbocycles. The molecule has 0 unspecified atom stereocenters. The molecule has 0 aliphatic heterocycles. The molecule has 0 bridgehead atoms. The van der Waals surface area contributed by atoms with Gasteiger partial charge in [-0.15, -0.1) is 0 Å². The molecule has 0 aromatic heterocycles. The highest BCUT2D eigenvalue weighted by atomic mass is 17.2. The van der Waals surface area contributed by atoms with Crippen LogP contribution in [0, 0.1) is 0 Å². The second-order valence-corrected chi connectivity index (χ2v) is 4.43. The first-order valence-corrected chi connectivity index (χ1v) is 5.37. The zero-order chi connectivity index (χ0) is 10.2. The van der Waals surface area contributed by atoms with E-state index in [9.17, 15) is 0 Å². The molecule has 0 N–H and O–H groups in total. The van der Waals surface area contributed by atoms with Crippen LogP contribution in [-0.4, -0.2) is 12.2 Å². The van der Waals surface area contributed by atoms with E-state index < -0.39 is 0 Å². The van der Waals surface area contributed by atoms with Gasteiger partial charge in [0.15, 0.2) is 0 Å². The third kappa shape index (κ3) is 11.9. The van der Waals surface area contributed by atoms with Crippen molar-refractivity contribution < 1.29 is 9.78 Å². The highest BCUT2D eigenvalue weighted by Crippen LogP contribution is 2.08. The molecule has 0 atom stereocenters. The molecular formula is C11H24O2. The topological polar surface area (TPSA) is 18.5 Å². The monoisotopic (exact) mass is 188 g/mol. The smallest absolute Gasteiger partial charge is 0.0952 e. The molecule has 0 aromatic rings. The summed E-state index contributed by atoms with van der Waals surface area (Å²) in [5.41, 5.74) is -0.177. The van der Waals surface area contributed by atoms with Crippen LogP contribution < -0.4 is 0 Å². The fourth-order valence-corrected chi connectivity index (χ4v) is 0.983. The van der Waals surface area contributed by atoms with Gasteiger partial charge in [0.2, 0.25) is 0 Å². The van der Waals surface area contributed by atoms with Crippen LogP contribution in [0.2, 0.25) is 0 Å². The number of rotatable bonds is 7. The van der Waals surface area contributed by atoms with Crippen LogP contribution in [0.1, 0.15) is 59.8 Å². The minimum absolute atomic E-state index is 0.177. The minimum atomic E-state index is -0.177. The van der Waals surface area contributed by atoms with Crippen LogP contribution in [0.5, 0.6) is 0 Å². The van der Waals surface area contributed by atoms with Gasteiger partial charge in [0, 0.05) is 0 Å². The predicted octanol–water partition coefficient (Wildman–Crippen LogP) is 3.70. The molecule has 0 amide bonds. The SMILES string of the molecule is CCCCCCCOOC(C)(C)C. The first-order chi connectivity index (χ1) is 6.06. The third-order valence-electron chi connectivity index (χ3n) is 1.64. The Bertz CT molecular complexity index is 105. The standard InChI is InChI=1S/C11H24O2/c1-5-6-7-8-9-10-12-13-11(2,3)4/h5-10H2,1-4H3. The van der Waals surface area contributed by atoms with Gasteiger partial charge in [-0.1, -0.05) is 32.6 Å². The molecule has 0 spiro atoms. The number of hydrogen-bond donors (Lipinski definition) is 0. The van der Waals surface area contributed by atoms with Gasteiger partial charge in [0.25, 0.3) is 0 Å². The average molecular weight is 188 g/mol. The van der Waals surface area contributed by atoms with Crippen molar-refractivity contribution >= 4 is 0 Å². The highest BCUT2D eigenvalue weighted by Gasteiger charge is 2.10. The second kappa shape index (κ2) is 7.34. The Morgan fingerprint density at radius 3 is 2.08 bits per heavy atom. The summed E-state index contributed by atoms with van der Waals surface area (Å²) in [4.78, 5) is 10.2. The van der Waals surface area contributed by atoms with E-state index in [2.05, 4.69) is 6.92 Å². The van der Waals surface area contributed by atoms with Crippen molar-refractivity contribution in [3.8, 4) is 0 Å². The molecule has 0 saturated heterocycles. The molecule has 0 heterocycles. The van der Waals surface area contributed by atoms with E-state index >= 15 is 0 Å². The van der Waals surface area contributed by atoms with Crippen molar-refractivity contribution in [3.63, 3.8) is 0 Å². The van der Waals surface area contributed by atoms with E-state index in [-0.39, 0.29) is 5.60 Å². The maximum atomic E-state index is 5.14. The molecule has 80 valence electrons. The van der Waals surface area contributed by atoms with Crippen LogP contribution in [0.15, 0.2) is 0 Å². The molecule has 0 rings (SSSR count). The Morgan fingerprint density at radius 2 is 1.54 bits per heavy atom. The summed E-state index contributed by atoms with van der Waals surface area (Å²) < 4.78 is 0. The first kappa shape index (κ1) is 12.9. The van der Waals surface area contributed by atoms with Crippen molar-refractivity contribution in [2.45, 2.75) is 65.4 Å². The van der Waals surface area contributed by atoms with Crippen molar-refractivity contribution in [2.75, 3.05) is 6.61 Å². The Balaban J connectivity index is 3.00. The van der Waals surface area contributed by atoms with Crippen LogP contribution in [-0.2, 0) is 9.78 Å². The van der Waals surface area contributed by atoms with Gasteiger partial charge in [-0.2, -0.15) is 0 Å². The predicted molar refractivity (Wildman–Crippen MR) is 55.5 cm³/mol. The average Bonchev–Trinajstić information content (AvgIpc) is 2.01. The van der Waals surface area contributed by atoms with E-state index in [1.807, 2.05) is 20.8 Å². The molecule has 0 fully saturated rings. The molecule has 13 heavy (non-hydrogen) atoms. The summed E-state index contributed by atoms with van der Waals surface area (Å²) in [7, 11) is 0. The van der Waals surface area contributed by atoms with Crippen LogP contribution in [0.25, 0.3) is 0 Å². The van der Waals surface area contributed by atoms with Crippen LogP contribution in [0.4, 0.5) is 0 Å². The Morgan fingerprint density at radius 1 is 0.923 bits per heavy atom. The molecule has 0 radical (unpaired) electrons. The van der Waals surface area contributed by atoms with Gasteiger partial charge in [0.1, 0.15) is 0 Å². The normalized spacial score (nSPS) is 12.0. The van der Waals surface area contributed by atoms with Crippen molar-refractivity contribution in [1.29, 1.82) is 0 Å². The minimum Gasteiger partial charge on any atom is -0.236 e. The lowest BCUT2D eigenvalue weighted by Gasteiger charge is -2.17. The van der Waals surface area contributed by atoms with Gasteiger partial charge in [-0.05, 0) is 27.2 Å². The summed E-state index contributed by atoms with van der Waals surface area (Å²) in [5, 5.41) is 0. The fraction of sp³-hybridized carbons (Fsp3) is 1.00. The molecule has 2 nitrogen and oxygen atoms in total. The molecule has 2 heteroatoms. The first-order valence-electron chi connectivity index (χ1n) is 5.37. The maximum Gasteiger partial charge on any atom is 0.0952 e. The Hall–Kier alpha value is -0.0800. The van der Waals surface area contributed by atoms with Gasteiger partial charge >= 0.3 is 0 Å². The largest absolute Gasteiger partial charge is 0.236 e. The van der Waals surface area contributed by atoms with Gasteiger partial charge in [-0.3, -0.25) is 0 Å². The summed E-state index contributed by atoms with van der Waals surface area (Å²) in [6, 6.07) is 0. The summed E-state index contributed by atoms with van der Waals surface area (Å²) in [6.07, 6.45) is 6.30. The van der Waals surface area contributed by atoms with Crippen molar-refractivity contribution in [2.24, 2.45) is 0 Å². The highest BCUT2D eigenvalue weighted by molar-refractivity contribution is 4.54. The lowest BCUT2D eigenvalue weighted by Crippen LogP contribution is -2.19. The second-order valence-electron chi connectivity index (χ2n) is 4.43. The Labute approximate surface area is 82.5 Å². The third-order valence-corrected chi connectivity index (χ3v) is 1.64. The van der Waals surface area contributed by atoms with Gasteiger partial charge in [0.05, 0.1) is 12.2 Å². The van der Waals surface area contributed by atoms with Crippen LogP contribution >= 0.6 is 0 Å². The lowest BCUT2D eigenvalue weighted by molar-refractivity contribution is -0.348. The van der Waals surface area contributed by atoms with Gasteiger partial charge < -0.3 is 0 Å². The lowest BCUT2D eigenvalue weighted by atomic mass is 10.2. The summed E-state index contributed by atoms with van der Waals surface area (Å²) in [6.45, 7) is 8.92. The maximum absolute atomic E-state index is 5.14. The molecule has 0 saturated carbocycles. The van der Waals surface area contributed by atoms with Crippen molar-refractivity contribution in [1.82, 2.24) is 0 Å². The van der Waals surface area contributed by atoms with Crippen LogP contribution in [0.3, 0.4) is 0 Å². The van der Waals surface area contributed by atoms with E-state index in [0.717, 1.165) is 13.0 Å². The van der Waals surface area contributed by atoms with Gasteiger partial charge in [-0.25, -0.2) is 9.78 Å². The molecular weight excluding hydrogens is 164 g/mol. The van der Waals surface area contributed by atoms with E-state index in [4.69, 9.17) is 9.78 Å². The van der Waals surface area contributed by atoms with Crippen molar-refractivity contribution in [3.05, 3.63) is 0 Å². The number of unbranched alkanes of at least 4 members (excludes halogenated alkanes) is 4. The Kier molecular flexibility index (Phi) is 7.29. The quantitative estimate of drug-likeness (QED) is 0.344. The van der Waals surface area contributed by atoms with E-state index in [0.29, 0.717) is 0 Å².